The van der Waals surface area contributed by atoms with Crippen LogP contribution in [-0.2, 0) is 0 Å². The number of alkyl halides is 2. The van der Waals surface area contributed by atoms with E-state index in [1.165, 1.54) is 0 Å². The molecule has 0 heterocycles. The predicted octanol–water partition coefficient (Wildman–Crippen LogP) is 0.941. The van der Waals surface area contributed by atoms with Crippen LogP contribution in [0.2, 0.25) is 0 Å². The number of halogens is 2. The van der Waals surface area contributed by atoms with E-state index in [1.807, 2.05) is 0 Å². The first kappa shape index (κ1) is 8.76. The molecule has 0 aromatic heterocycles. The Labute approximate surface area is 65.8 Å². The van der Waals surface area contributed by atoms with Crippen molar-refractivity contribution in [3.63, 3.8) is 0 Å². The van der Waals surface area contributed by atoms with E-state index in [0.717, 1.165) is 0 Å². The topological polar surface area (TPSA) is 86.3 Å². The van der Waals surface area contributed by atoms with Gasteiger partial charge in [0.1, 0.15) is 41.7 Å². The average Bonchev–Trinajstić information content (AvgIpc) is 1.65. The maximum atomic E-state index is 9.73. The second-order valence-corrected chi connectivity index (χ2v) is 4.30. The van der Waals surface area contributed by atoms with Gasteiger partial charge in [-0.3, -0.25) is 20.2 Å². The standard InChI is InChI=1S/CBr2N2O4/c2-1(3,4(6)7)5(8)9. The molecular formula is CBr2N2O4. The Kier molecular flexibility index (Phi) is 2.50. The minimum atomic E-state index is -2.43. The normalized spacial score (nSPS) is 10.9. The molecule has 0 fully saturated rings. The van der Waals surface area contributed by atoms with E-state index in [0.29, 0.717) is 0 Å². The fourth-order valence-corrected chi connectivity index (χ4v) is 0.0667. The third kappa shape index (κ3) is 1.86. The highest BCUT2D eigenvalue weighted by molar-refractivity contribution is 9.25. The van der Waals surface area contributed by atoms with Crippen LogP contribution in [0.5, 0.6) is 0 Å². The molecule has 52 valence electrons. The number of hydrogen-bond acceptors (Lipinski definition) is 4. The molecule has 0 bridgehead atoms. The summed E-state index contributed by atoms with van der Waals surface area (Å²) in [5, 5.41) is 19.5. The van der Waals surface area contributed by atoms with Gasteiger partial charge in [-0.25, -0.2) is 0 Å². The van der Waals surface area contributed by atoms with Crippen molar-refractivity contribution >= 4 is 31.9 Å². The van der Waals surface area contributed by atoms with Gasteiger partial charge in [-0.1, -0.05) is 0 Å². The highest BCUT2D eigenvalue weighted by Crippen LogP contribution is 2.26. The maximum Gasteiger partial charge on any atom is 0.564 e. The number of hydrogen-bond donors (Lipinski definition) is 0. The van der Waals surface area contributed by atoms with Gasteiger partial charge in [-0.15, -0.1) is 0 Å². The Morgan fingerprint density at radius 1 is 1.11 bits per heavy atom. The molecule has 9 heavy (non-hydrogen) atoms. The number of nitro groups is 2. The van der Waals surface area contributed by atoms with Crippen LogP contribution in [0.3, 0.4) is 0 Å². The molecule has 0 N–H and O–H groups in total. The third-order valence-electron chi connectivity index (χ3n) is 0.439. The third-order valence-corrected chi connectivity index (χ3v) is 1.60. The van der Waals surface area contributed by atoms with Crippen molar-refractivity contribution in [3.8, 4) is 0 Å². The molecular weight excluding hydrogens is 264 g/mol. The lowest BCUT2D eigenvalue weighted by Crippen LogP contribution is -2.32. The first-order valence-corrected chi connectivity index (χ1v) is 3.14. The molecule has 0 saturated carbocycles. The molecule has 0 rings (SSSR count). The molecule has 8 heteroatoms. The summed E-state index contributed by atoms with van der Waals surface area (Å²) in [6, 6.07) is 0. The average molecular weight is 264 g/mol. The summed E-state index contributed by atoms with van der Waals surface area (Å²) in [4.78, 5) is 17.3. The minimum Gasteiger partial charge on any atom is -0.257 e. The largest absolute Gasteiger partial charge is 0.564 e. The molecule has 0 unspecified atom stereocenters. The summed E-state index contributed by atoms with van der Waals surface area (Å²) in [6.07, 6.45) is 0. The summed E-state index contributed by atoms with van der Waals surface area (Å²) >= 11 is 4.46. The second kappa shape index (κ2) is 2.56. The van der Waals surface area contributed by atoms with E-state index < -0.39 is 13.3 Å². The number of nitrogens with zero attached hydrogens (tertiary/aromatic N) is 2. The van der Waals surface area contributed by atoms with Gasteiger partial charge in [-0.2, -0.15) is 0 Å². The van der Waals surface area contributed by atoms with Gasteiger partial charge in [-0.05, 0) is 0 Å². The Balaban J connectivity index is 4.38. The maximum absolute atomic E-state index is 9.73. The molecule has 6 nitrogen and oxygen atoms in total. The summed E-state index contributed by atoms with van der Waals surface area (Å²) in [5.41, 5.74) is 0. The lowest BCUT2D eigenvalue weighted by Gasteiger charge is -1.99. The van der Waals surface area contributed by atoms with Crippen LogP contribution >= 0.6 is 31.9 Å². The molecule has 0 aromatic carbocycles. The van der Waals surface area contributed by atoms with Crippen molar-refractivity contribution in [2.45, 2.75) is 3.48 Å². The van der Waals surface area contributed by atoms with Crippen molar-refractivity contribution < 1.29 is 9.85 Å². The van der Waals surface area contributed by atoms with Crippen LogP contribution in [0.4, 0.5) is 0 Å². The zero-order chi connectivity index (χ0) is 7.65. The van der Waals surface area contributed by atoms with Crippen LogP contribution in [0.15, 0.2) is 0 Å². The van der Waals surface area contributed by atoms with Crippen LogP contribution in [0, 0.1) is 20.2 Å². The molecule has 0 aliphatic rings. The zero-order valence-electron chi connectivity index (χ0n) is 3.78. The van der Waals surface area contributed by atoms with Gasteiger partial charge in [0.2, 0.25) is 0 Å². The van der Waals surface area contributed by atoms with Crippen molar-refractivity contribution in [3.05, 3.63) is 20.2 Å². The van der Waals surface area contributed by atoms with Gasteiger partial charge >= 0.3 is 3.48 Å². The Hall–Kier alpha value is -0.240. The van der Waals surface area contributed by atoms with E-state index in [2.05, 4.69) is 31.9 Å². The first-order valence-electron chi connectivity index (χ1n) is 1.56. The van der Waals surface area contributed by atoms with Crippen LogP contribution in [0.25, 0.3) is 0 Å². The second-order valence-electron chi connectivity index (χ2n) is 1.02. The van der Waals surface area contributed by atoms with E-state index in [-0.39, 0.29) is 0 Å². The quantitative estimate of drug-likeness (QED) is 0.244. The van der Waals surface area contributed by atoms with Crippen LogP contribution < -0.4 is 0 Å². The van der Waals surface area contributed by atoms with Gasteiger partial charge in [0.05, 0.1) is 0 Å². The van der Waals surface area contributed by atoms with E-state index in [9.17, 15) is 20.2 Å². The van der Waals surface area contributed by atoms with Gasteiger partial charge in [0.15, 0.2) is 0 Å². The molecule has 0 spiro atoms. The lowest BCUT2D eigenvalue weighted by atomic mass is 11.2. The minimum absolute atomic E-state index is 1.10. The fourth-order valence-electron chi connectivity index (χ4n) is 0.0667. The summed E-state index contributed by atoms with van der Waals surface area (Å²) < 4.78 is -2.43. The van der Waals surface area contributed by atoms with Gasteiger partial charge < -0.3 is 0 Å². The van der Waals surface area contributed by atoms with Crippen LogP contribution in [-0.4, -0.2) is 13.3 Å². The monoisotopic (exact) mass is 262 g/mol. The van der Waals surface area contributed by atoms with Crippen molar-refractivity contribution in [2.75, 3.05) is 0 Å². The molecule has 0 atom stereocenters. The molecule has 0 saturated heterocycles. The molecule has 0 aliphatic carbocycles. The Morgan fingerprint density at radius 3 is 1.33 bits per heavy atom. The van der Waals surface area contributed by atoms with Gasteiger partial charge in [0, 0.05) is 0 Å². The van der Waals surface area contributed by atoms with E-state index in [4.69, 9.17) is 0 Å². The van der Waals surface area contributed by atoms with Gasteiger partial charge in [0.25, 0.3) is 0 Å². The first-order chi connectivity index (χ1) is 3.89. The zero-order valence-corrected chi connectivity index (χ0v) is 6.96. The number of rotatable bonds is 2. The lowest BCUT2D eigenvalue weighted by molar-refractivity contribution is -0.722. The summed E-state index contributed by atoms with van der Waals surface area (Å²) in [5.74, 6) is 0. The highest BCUT2D eigenvalue weighted by Gasteiger charge is 2.50. The molecule has 0 amide bonds. The van der Waals surface area contributed by atoms with Crippen LogP contribution in [0.1, 0.15) is 0 Å². The SMILES string of the molecule is O=[N+]([O-])C(Br)(Br)[N+](=O)[O-]. The molecule has 0 aromatic rings. The predicted molar refractivity (Wildman–Crippen MR) is 34.6 cm³/mol. The van der Waals surface area contributed by atoms with Crippen molar-refractivity contribution in [2.24, 2.45) is 0 Å². The molecule has 0 aliphatic heterocycles. The van der Waals surface area contributed by atoms with Crippen molar-refractivity contribution in [1.29, 1.82) is 0 Å². The fraction of sp³-hybridized carbons (Fsp3) is 1.00. The highest BCUT2D eigenvalue weighted by atomic mass is 79.9. The Morgan fingerprint density at radius 2 is 1.33 bits per heavy atom. The smallest absolute Gasteiger partial charge is 0.257 e. The summed E-state index contributed by atoms with van der Waals surface area (Å²) in [7, 11) is 0. The van der Waals surface area contributed by atoms with Crippen molar-refractivity contribution in [1.82, 2.24) is 0 Å². The van der Waals surface area contributed by atoms with E-state index in [1.54, 1.807) is 0 Å². The van der Waals surface area contributed by atoms with E-state index >= 15 is 0 Å². The molecule has 0 radical (unpaired) electrons. The summed E-state index contributed by atoms with van der Waals surface area (Å²) in [6.45, 7) is 0. The Bertz CT molecular complexity index is 139.